The molecule has 1 saturated heterocycles. The van der Waals surface area contributed by atoms with Crippen LogP contribution in [0, 0.1) is 6.92 Å². The summed E-state index contributed by atoms with van der Waals surface area (Å²) in [5.74, 6) is -9.24. The van der Waals surface area contributed by atoms with E-state index in [1.807, 2.05) is 0 Å². The highest BCUT2D eigenvalue weighted by molar-refractivity contribution is 6.31. The van der Waals surface area contributed by atoms with Crippen LogP contribution in [0.3, 0.4) is 0 Å². The lowest BCUT2D eigenvalue weighted by molar-refractivity contribution is -0.181. The first kappa shape index (κ1) is 39.1. The molecule has 7 atom stereocenters. The molecule has 292 valence electrons. The number of hydrogen-bond acceptors (Lipinski definition) is 18. The number of rotatable bonds is 9. The van der Waals surface area contributed by atoms with E-state index in [9.17, 15) is 49.2 Å². The number of esters is 1. The van der Waals surface area contributed by atoms with Gasteiger partial charge in [-0.2, -0.15) is 0 Å². The molecule has 6 rings (SSSR count). The fourth-order valence-corrected chi connectivity index (χ4v) is 7.97. The van der Waals surface area contributed by atoms with Gasteiger partial charge in [0.05, 0.1) is 36.1 Å². The number of phenolic OH excluding ortho intramolecular Hbond substituents is 2. The maximum atomic E-state index is 14.7. The third-order valence-electron chi connectivity index (χ3n) is 10.3. The van der Waals surface area contributed by atoms with Crippen molar-refractivity contribution in [3.8, 4) is 11.5 Å². The van der Waals surface area contributed by atoms with Crippen LogP contribution < -0.4 is 5.32 Å². The average molecular weight is 769 g/mol. The molecule has 0 bridgehead atoms. The molecule has 19 heteroatoms. The van der Waals surface area contributed by atoms with E-state index in [0.717, 1.165) is 26.4 Å². The third-order valence-corrected chi connectivity index (χ3v) is 10.3. The Morgan fingerprint density at radius 2 is 1.65 bits per heavy atom. The van der Waals surface area contributed by atoms with Crippen LogP contribution in [0.1, 0.15) is 75.4 Å². The Hall–Kier alpha value is -5.57. The summed E-state index contributed by atoms with van der Waals surface area (Å²) in [6.07, 6.45) is -5.87. The fourth-order valence-electron chi connectivity index (χ4n) is 7.97. The van der Waals surface area contributed by atoms with Crippen LogP contribution in [-0.2, 0) is 45.3 Å². The molecule has 0 amide bonds. The van der Waals surface area contributed by atoms with Crippen LogP contribution in [0.15, 0.2) is 29.1 Å². The van der Waals surface area contributed by atoms with Crippen LogP contribution in [0.2, 0.25) is 0 Å². The number of aromatic hydroxyl groups is 2. The number of ether oxygens (including phenoxy) is 5. The number of carboxylic acids is 1. The Balaban J connectivity index is 1.47. The normalized spacial score (nSPS) is 29.1. The van der Waals surface area contributed by atoms with Crippen LogP contribution >= 0.6 is 0 Å². The Labute approximate surface area is 311 Å². The zero-order valence-electron chi connectivity index (χ0n) is 30.1. The van der Waals surface area contributed by atoms with Crippen molar-refractivity contribution >= 4 is 40.8 Å². The molecular weight excluding hydrogens is 732 g/mol. The number of carbonyl (C=O) groups is 6. The summed E-state index contributed by atoms with van der Waals surface area (Å²) in [7, 11) is 4.51. The van der Waals surface area contributed by atoms with E-state index < -0.39 is 141 Å². The molecule has 4 unspecified atom stereocenters. The number of nitrogens with zero attached hydrogens (tertiary/aromatic N) is 1. The second-order valence-electron chi connectivity index (χ2n) is 13.2. The first-order valence-corrected chi connectivity index (χ1v) is 16.6. The summed E-state index contributed by atoms with van der Waals surface area (Å²) >= 11 is 0. The van der Waals surface area contributed by atoms with E-state index >= 15 is 0 Å². The highest BCUT2D eigenvalue weighted by Gasteiger charge is 2.72. The zero-order chi connectivity index (χ0) is 40.5. The van der Waals surface area contributed by atoms with Gasteiger partial charge in [0.25, 0.3) is 0 Å². The van der Waals surface area contributed by atoms with Crippen LogP contribution in [0.25, 0.3) is 0 Å². The molecule has 1 aliphatic heterocycles. The van der Waals surface area contributed by atoms with Gasteiger partial charge in [0.15, 0.2) is 23.2 Å². The summed E-state index contributed by atoms with van der Waals surface area (Å²) in [6, 6.07) is 2.13. The Bertz CT molecular complexity index is 2140. The van der Waals surface area contributed by atoms with Gasteiger partial charge in [0.1, 0.15) is 35.0 Å². The SMILES string of the molecule is COC(=O)c1c(C)cc2c(c1O)[C@]1(O)C(=O)c3cc4c(c(O)c3C(=O)[C@]1(OC)[C@H](O)C2)C(=O)C=C(NC1OC(C)C(OC)/C(=N/OCC(=O)O)C1OC)C4=O. The largest absolute Gasteiger partial charge is 0.507 e. The van der Waals surface area contributed by atoms with Gasteiger partial charge in [-0.05, 0) is 31.0 Å². The Morgan fingerprint density at radius 1 is 0.982 bits per heavy atom. The van der Waals surface area contributed by atoms with Crippen molar-refractivity contribution in [1.82, 2.24) is 5.32 Å². The lowest BCUT2D eigenvalue weighted by atomic mass is 9.56. The first-order chi connectivity index (χ1) is 26.0. The van der Waals surface area contributed by atoms with Gasteiger partial charge < -0.3 is 59.4 Å². The van der Waals surface area contributed by atoms with E-state index in [2.05, 4.69) is 10.5 Å². The molecule has 2 aromatic carbocycles. The lowest BCUT2D eigenvalue weighted by Crippen LogP contribution is -2.73. The zero-order valence-corrected chi connectivity index (χ0v) is 30.1. The second-order valence-corrected chi connectivity index (χ2v) is 13.2. The molecule has 3 aliphatic carbocycles. The number of aliphatic hydroxyl groups is 2. The highest BCUT2D eigenvalue weighted by atomic mass is 16.6. The van der Waals surface area contributed by atoms with Crippen molar-refractivity contribution in [3.63, 3.8) is 0 Å². The molecule has 6 N–H and O–H groups in total. The predicted octanol–water partition coefficient (Wildman–Crippen LogP) is -0.154. The third kappa shape index (κ3) is 5.45. The van der Waals surface area contributed by atoms with Crippen LogP contribution in [-0.4, -0.2) is 138 Å². The number of hydrogen-bond donors (Lipinski definition) is 6. The number of ketones is 4. The quantitative estimate of drug-likeness (QED) is 0.143. The fraction of sp³-hybridized carbons (Fsp3) is 0.417. The molecule has 2 aromatic rings. The molecule has 0 spiro atoms. The molecular formula is C36H36N2O17. The maximum Gasteiger partial charge on any atom is 0.344 e. The van der Waals surface area contributed by atoms with E-state index in [1.165, 1.54) is 27.2 Å². The van der Waals surface area contributed by atoms with Crippen molar-refractivity contribution in [2.75, 3.05) is 35.0 Å². The van der Waals surface area contributed by atoms with E-state index in [0.29, 0.717) is 0 Å². The number of phenols is 2. The number of fused-ring (bicyclic) bond motifs is 5. The Morgan fingerprint density at radius 3 is 2.25 bits per heavy atom. The molecule has 55 heavy (non-hydrogen) atoms. The smallest absolute Gasteiger partial charge is 0.344 e. The van der Waals surface area contributed by atoms with Crippen molar-refractivity contribution in [2.45, 2.75) is 62.1 Å². The number of carbonyl (C=O) groups excluding carboxylic acids is 5. The predicted molar refractivity (Wildman–Crippen MR) is 181 cm³/mol. The summed E-state index contributed by atoms with van der Waals surface area (Å²) in [6.45, 7) is 2.20. The average Bonchev–Trinajstić information content (AvgIpc) is 3.12. The molecule has 0 saturated carbocycles. The number of aliphatic hydroxyl groups excluding tert-OH is 1. The molecule has 0 radical (unpaired) electrons. The molecule has 0 aromatic heterocycles. The highest BCUT2D eigenvalue weighted by Crippen LogP contribution is 2.56. The van der Waals surface area contributed by atoms with Gasteiger partial charge in [-0.15, -0.1) is 0 Å². The monoisotopic (exact) mass is 768 g/mol. The van der Waals surface area contributed by atoms with Crippen LogP contribution in [0.5, 0.6) is 11.5 Å². The van der Waals surface area contributed by atoms with Gasteiger partial charge >= 0.3 is 11.9 Å². The standard InChI is InChI=1S/C36H36N2O17/c1-12-7-14-8-19(40)36(53-6)32(47)23-16(31(46)35(36,49)24(14)28(45)21(12)34(48)52-5)9-15-22(27(23)44)18(39)10-17(26(15)43)37-33-30(51-4)25(38-54-11-20(41)42)29(50-3)13(2)55-33/h7,9-10,13,19,29-30,33,37,40,44-45,49H,8,11H2,1-6H3,(H,41,42)/b38-25-/t13?,19-,29?,30?,33?,35+,36-/m1/s1. The number of carboxylic acid groups (broad SMARTS) is 1. The number of methoxy groups -OCH3 is 4. The molecule has 4 aliphatic rings. The van der Waals surface area contributed by atoms with Gasteiger partial charge in [-0.25, -0.2) is 9.59 Å². The van der Waals surface area contributed by atoms with E-state index in [1.54, 1.807) is 6.92 Å². The van der Waals surface area contributed by atoms with Crippen LogP contribution in [0.4, 0.5) is 0 Å². The van der Waals surface area contributed by atoms with Crippen molar-refractivity contribution < 1.29 is 82.8 Å². The van der Waals surface area contributed by atoms with Gasteiger partial charge in [-0.3, -0.25) is 19.2 Å². The number of nitrogens with one attached hydrogen (secondary N) is 1. The maximum absolute atomic E-state index is 14.7. The van der Waals surface area contributed by atoms with Gasteiger partial charge in [0.2, 0.25) is 24.0 Å². The number of oxime groups is 1. The minimum absolute atomic E-state index is 0.0285. The number of allylic oxidation sites excluding steroid dienone is 2. The number of aryl methyl sites for hydroxylation is 1. The van der Waals surface area contributed by atoms with Crippen molar-refractivity contribution in [1.29, 1.82) is 0 Å². The number of Topliss-reactive ketones (excluding diaryl/α,β-unsaturated/α-hetero) is 3. The summed E-state index contributed by atoms with van der Waals surface area (Å²) in [5, 5.41) is 62.6. The van der Waals surface area contributed by atoms with Gasteiger partial charge in [-0.1, -0.05) is 11.2 Å². The summed E-state index contributed by atoms with van der Waals surface area (Å²) in [4.78, 5) is 85.6. The summed E-state index contributed by atoms with van der Waals surface area (Å²) in [5.41, 5.74) is -10.5. The van der Waals surface area contributed by atoms with E-state index in [4.69, 9.17) is 33.6 Å². The molecule has 1 fully saturated rings. The van der Waals surface area contributed by atoms with E-state index in [-0.39, 0.29) is 16.8 Å². The lowest BCUT2D eigenvalue weighted by Gasteiger charge is -2.52. The Kier molecular flexibility index (Phi) is 9.91. The second kappa shape index (κ2) is 13.9. The van der Waals surface area contributed by atoms with Gasteiger partial charge in [0, 0.05) is 50.5 Å². The number of benzene rings is 2. The van der Waals surface area contributed by atoms with Crippen molar-refractivity contribution in [3.05, 3.63) is 68.4 Å². The minimum atomic E-state index is -3.27. The molecule has 1 heterocycles. The molecule has 19 nitrogen and oxygen atoms in total. The minimum Gasteiger partial charge on any atom is -0.507 e. The first-order valence-electron chi connectivity index (χ1n) is 16.6. The summed E-state index contributed by atoms with van der Waals surface area (Å²) < 4.78 is 27.2. The van der Waals surface area contributed by atoms with Crippen molar-refractivity contribution in [2.24, 2.45) is 5.16 Å². The topological polar surface area (TPSA) is 283 Å². The number of aliphatic carboxylic acids is 1.